The van der Waals surface area contributed by atoms with Gasteiger partial charge in [-0.05, 0) is 37.9 Å². The lowest BCUT2D eigenvalue weighted by Gasteiger charge is -2.04. The average Bonchev–Trinajstić information content (AvgIpc) is 2.38. The lowest BCUT2D eigenvalue weighted by Crippen LogP contribution is -2.19. The van der Waals surface area contributed by atoms with Gasteiger partial charge >= 0.3 is 0 Å². The van der Waals surface area contributed by atoms with E-state index in [4.69, 9.17) is 5.73 Å². The van der Waals surface area contributed by atoms with Crippen LogP contribution in [-0.2, 0) is 11.2 Å². The summed E-state index contributed by atoms with van der Waals surface area (Å²) >= 11 is 0. The average molecular weight is 265 g/mol. The van der Waals surface area contributed by atoms with Gasteiger partial charge in [0.05, 0.1) is 4.92 Å². The predicted octanol–water partition coefficient (Wildman–Crippen LogP) is 1.38. The Morgan fingerprint density at radius 2 is 1.89 bits per heavy atom. The molecule has 0 saturated heterocycles. The van der Waals surface area contributed by atoms with E-state index in [1.165, 1.54) is 12.1 Å². The standard InChI is InChI=1S/C13H19N3O3/c14-13(17)3-1-2-9-15-10-8-11-4-6-12(7-5-11)16(18)19/h4-7,15H,1-3,8-10H2,(H2,14,17). The Labute approximate surface area is 112 Å². The van der Waals surface area contributed by atoms with E-state index in [2.05, 4.69) is 5.32 Å². The molecule has 1 aromatic carbocycles. The Balaban J connectivity index is 2.12. The van der Waals surface area contributed by atoms with Crippen molar-refractivity contribution in [1.82, 2.24) is 5.32 Å². The second-order valence-electron chi connectivity index (χ2n) is 4.35. The van der Waals surface area contributed by atoms with Crippen LogP contribution in [0.1, 0.15) is 24.8 Å². The summed E-state index contributed by atoms with van der Waals surface area (Å²) in [5.41, 5.74) is 6.21. The van der Waals surface area contributed by atoms with Crippen molar-refractivity contribution in [3.05, 3.63) is 39.9 Å². The summed E-state index contributed by atoms with van der Waals surface area (Å²) in [6, 6.07) is 6.57. The highest BCUT2D eigenvalue weighted by Crippen LogP contribution is 2.11. The molecular formula is C13H19N3O3. The maximum Gasteiger partial charge on any atom is 0.269 e. The molecular weight excluding hydrogens is 246 g/mol. The molecule has 0 radical (unpaired) electrons. The summed E-state index contributed by atoms with van der Waals surface area (Å²) in [5.74, 6) is -0.258. The number of hydrogen-bond donors (Lipinski definition) is 2. The van der Waals surface area contributed by atoms with Crippen molar-refractivity contribution in [2.75, 3.05) is 13.1 Å². The summed E-state index contributed by atoms with van der Waals surface area (Å²) in [4.78, 5) is 20.6. The fourth-order valence-corrected chi connectivity index (χ4v) is 1.69. The normalized spacial score (nSPS) is 10.3. The van der Waals surface area contributed by atoms with Crippen molar-refractivity contribution in [2.24, 2.45) is 5.73 Å². The first-order valence-corrected chi connectivity index (χ1v) is 6.32. The van der Waals surface area contributed by atoms with Gasteiger partial charge in [0.2, 0.25) is 5.91 Å². The third-order valence-corrected chi connectivity index (χ3v) is 2.76. The van der Waals surface area contributed by atoms with Crippen LogP contribution < -0.4 is 11.1 Å². The molecule has 1 rings (SSSR count). The number of nitrogens with zero attached hydrogens (tertiary/aromatic N) is 1. The van der Waals surface area contributed by atoms with Gasteiger partial charge in [-0.1, -0.05) is 12.1 Å². The first-order valence-electron chi connectivity index (χ1n) is 6.32. The molecule has 19 heavy (non-hydrogen) atoms. The van der Waals surface area contributed by atoms with E-state index in [0.717, 1.165) is 37.9 Å². The van der Waals surface area contributed by atoms with E-state index in [9.17, 15) is 14.9 Å². The summed E-state index contributed by atoms with van der Waals surface area (Å²) in [6.07, 6.45) is 2.99. The molecule has 3 N–H and O–H groups in total. The molecule has 104 valence electrons. The second-order valence-corrected chi connectivity index (χ2v) is 4.35. The molecule has 0 aliphatic heterocycles. The van der Waals surface area contributed by atoms with E-state index in [0.29, 0.717) is 6.42 Å². The van der Waals surface area contributed by atoms with Gasteiger partial charge in [0.15, 0.2) is 0 Å². The smallest absolute Gasteiger partial charge is 0.269 e. The Morgan fingerprint density at radius 3 is 2.47 bits per heavy atom. The summed E-state index contributed by atoms with van der Waals surface area (Å²) in [5, 5.41) is 13.7. The molecule has 6 heteroatoms. The van der Waals surface area contributed by atoms with Crippen molar-refractivity contribution in [2.45, 2.75) is 25.7 Å². The van der Waals surface area contributed by atoms with Crippen LogP contribution in [-0.4, -0.2) is 23.9 Å². The summed E-state index contributed by atoms with van der Waals surface area (Å²) in [7, 11) is 0. The molecule has 0 aromatic heterocycles. The van der Waals surface area contributed by atoms with Crippen LogP contribution in [0.25, 0.3) is 0 Å². The number of non-ortho nitro benzene ring substituents is 1. The van der Waals surface area contributed by atoms with Crippen LogP contribution in [0.3, 0.4) is 0 Å². The predicted molar refractivity (Wildman–Crippen MR) is 72.7 cm³/mol. The zero-order chi connectivity index (χ0) is 14.1. The van der Waals surface area contributed by atoms with Gasteiger partial charge in [0, 0.05) is 18.6 Å². The molecule has 0 fully saturated rings. The highest BCUT2D eigenvalue weighted by molar-refractivity contribution is 5.73. The Bertz CT molecular complexity index is 418. The van der Waals surface area contributed by atoms with Crippen molar-refractivity contribution < 1.29 is 9.72 Å². The maximum atomic E-state index is 10.5. The lowest BCUT2D eigenvalue weighted by molar-refractivity contribution is -0.384. The Morgan fingerprint density at radius 1 is 1.21 bits per heavy atom. The number of nitrogens with two attached hydrogens (primary N) is 1. The van der Waals surface area contributed by atoms with Crippen LogP contribution in [0.4, 0.5) is 5.69 Å². The van der Waals surface area contributed by atoms with E-state index in [-0.39, 0.29) is 11.6 Å². The van der Waals surface area contributed by atoms with E-state index in [1.54, 1.807) is 12.1 Å². The molecule has 1 amide bonds. The monoisotopic (exact) mass is 265 g/mol. The Kier molecular flexibility index (Phi) is 6.52. The minimum Gasteiger partial charge on any atom is -0.370 e. The molecule has 0 atom stereocenters. The number of benzene rings is 1. The minimum absolute atomic E-state index is 0.114. The van der Waals surface area contributed by atoms with Crippen molar-refractivity contribution in [3.8, 4) is 0 Å². The lowest BCUT2D eigenvalue weighted by atomic mass is 10.1. The van der Waals surface area contributed by atoms with E-state index >= 15 is 0 Å². The van der Waals surface area contributed by atoms with Crippen LogP contribution in [0.15, 0.2) is 24.3 Å². The fraction of sp³-hybridized carbons (Fsp3) is 0.462. The molecule has 0 unspecified atom stereocenters. The van der Waals surface area contributed by atoms with Crippen molar-refractivity contribution in [1.29, 1.82) is 0 Å². The maximum absolute atomic E-state index is 10.5. The van der Waals surface area contributed by atoms with Gasteiger partial charge in [-0.2, -0.15) is 0 Å². The highest BCUT2D eigenvalue weighted by Gasteiger charge is 2.03. The van der Waals surface area contributed by atoms with E-state index in [1.807, 2.05) is 0 Å². The van der Waals surface area contributed by atoms with Crippen LogP contribution >= 0.6 is 0 Å². The number of nitro groups is 1. The number of nitro benzene ring substituents is 1. The molecule has 0 spiro atoms. The zero-order valence-electron chi connectivity index (χ0n) is 10.8. The van der Waals surface area contributed by atoms with Gasteiger partial charge in [0.1, 0.15) is 0 Å². The largest absolute Gasteiger partial charge is 0.370 e. The van der Waals surface area contributed by atoms with Gasteiger partial charge in [-0.3, -0.25) is 14.9 Å². The molecule has 0 aliphatic carbocycles. The first kappa shape index (κ1) is 15.1. The number of rotatable bonds is 9. The number of unbranched alkanes of at least 4 members (excludes halogenated alkanes) is 1. The molecule has 1 aromatic rings. The summed E-state index contributed by atoms with van der Waals surface area (Å²) in [6.45, 7) is 1.66. The number of amides is 1. The number of primary amides is 1. The van der Waals surface area contributed by atoms with Gasteiger partial charge in [0.25, 0.3) is 5.69 Å². The van der Waals surface area contributed by atoms with Crippen molar-refractivity contribution >= 4 is 11.6 Å². The number of nitrogens with one attached hydrogen (secondary N) is 1. The van der Waals surface area contributed by atoms with Gasteiger partial charge in [-0.25, -0.2) is 0 Å². The Hall–Kier alpha value is -1.95. The molecule has 0 heterocycles. The highest BCUT2D eigenvalue weighted by atomic mass is 16.6. The van der Waals surface area contributed by atoms with Crippen molar-refractivity contribution in [3.63, 3.8) is 0 Å². The number of carbonyl (C=O) groups is 1. The van der Waals surface area contributed by atoms with Crippen LogP contribution in [0.5, 0.6) is 0 Å². The number of carbonyl (C=O) groups excluding carboxylic acids is 1. The first-order chi connectivity index (χ1) is 9.09. The number of hydrogen-bond acceptors (Lipinski definition) is 4. The SMILES string of the molecule is NC(=O)CCCCNCCc1ccc([N+](=O)[O-])cc1. The van der Waals surface area contributed by atoms with E-state index < -0.39 is 4.92 Å². The molecule has 0 bridgehead atoms. The second kappa shape index (κ2) is 8.20. The van der Waals surface area contributed by atoms with Gasteiger partial charge in [-0.15, -0.1) is 0 Å². The summed E-state index contributed by atoms with van der Waals surface area (Å²) < 4.78 is 0. The van der Waals surface area contributed by atoms with Gasteiger partial charge < -0.3 is 11.1 Å². The zero-order valence-corrected chi connectivity index (χ0v) is 10.8. The van der Waals surface area contributed by atoms with Crippen LogP contribution in [0.2, 0.25) is 0 Å². The molecule has 0 aliphatic rings. The third-order valence-electron chi connectivity index (χ3n) is 2.76. The third kappa shape index (κ3) is 6.52. The fourth-order valence-electron chi connectivity index (χ4n) is 1.69. The minimum atomic E-state index is -0.402. The molecule has 6 nitrogen and oxygen atoms in total. The topological polar surface area (TPSA) is 98.3 Å². The quantitative estimate of drug-likeness (QED) is 0.400. The molecule has 0 saturated carbocycles. The van der Waals surface area contributed by atoms with Crippen LogP contribution in [0, 0.1) is 10.1 Å².